The average molecular weight is 452 g/mol. The van der Waals surface area contributed by atoms with Gasteiger partial charge in [0.15, 0.2) is 0 Å². The molecule has 0 fully saturated rings. The lowest BCUT2D eigenvalue weighted by atomic mass is 10.1. The monoisotopic (exact) mass is 451 g/mol. The van der Waals surface area contributed by atoms with Crippen LogP contribution in [0.15, 0.2) is 53.1 Å². The Morgan fingerprint density at radius 1 is 1.03 bits per heavy atom. The lowest BCUT2D eigenvalue weighted by Crippen LogP contribution is -2.11. The maximum absolute atomic E-state index is 12.3. The second kappa shape index (κ2) is 9.03. The highest BCUT2D eigenvalue weighted by atomic mass is 35.5. The van der Waals surface area contributed by atoms with Gasteiger partial charge >= 0.3 is 5.97 Å². The molecule has 2 aromatic carbocycles. The molecule has 0 aliphatic rings. The van der Waals surface area contributed by atoms with E-state index in [1.165, 1.54) is 6.92 Å². The number of halogens is 1. The highest BCUT2D eigenvalue weighted by Crippen LogP contribution is 2.34. The molecule has 2 N–H and O–H groups in total. The molecule has 0 unspecified atom stereocenters. The summed E-state index contributed by atoms with van der Waals surface area (Å²) in [5.41, 5.74) is 2.67. The largest absolute Gasteiger partial charge is 0.460 e. The molecule has 0 bridgehead atoms. The summed E-state index contributed by atoms with van der Waals surface area (Å²) in [4.78, 5) is 32.1. The fourth-order valence-electron chi connectivity index (χ4n) is 3.01. The smallest absolute Gasteiger partial charge is 0.376 e. The fraction of sp³-hybridized carbons (Fsp3) is 0.136. The van der Waals surface area contributed by atoms with Crippen LogP contribution in [0, 0.1) is 0 Å². The normalized spacial score (nSPS) is 10.7. The molecule has 0 aliphatic carbocycles. The van der Waals surface area contributed by atoms with E-state index in [1.54, 1.807) is 55.5 Å². The van der Waals surface area contributed by atoms with E-state index in [0.29, 0.717) is 33.3 Å². The van der Waals surface area contributed by atoms with Gasteiger partial charge in [-0.15, -0.1) is 0 Å². The number of ether oxygens (including phenoxy) is 1. The van der Waals surface area contributed by atoms with Crippen molar-refractivity contribution in [3.63, 3.8) is 0 Å². The number of nitrogens with one attached hydrogen (secondary N) is 2. The molecule has 162 valence electrons. The first-order chi connectivity index (χ1) is 15.4. The van der Waals surface area contributed by atoms with Crippen LogP contribution in [0.3, 0.4) is 0 Å². The Kier molecular flexibility index (Phi) is 6.00. The molecule has 4 aromatic rings. The van der Waals surface area contributed by atoms with E-state index in [1.807, 2.05) is 0 Å². The minimum absolute atomic E-state index is 0.130. The first-order valence-electron chi connectivity index (χ1n) is 9.69. The van der Waals surface area contributed by atoms with Crippen LogP contribution in [0.25, 0.3) is 22.4 Å². The number of nitrogens with zero attached hydrogens (tertiary/aromatic N) is 3. The molecule has 10 heteroatoms. The van der Waals surface area contributed by atoms with Gasteiger partial charge in [0.2, 0.25) is 11.7 Å². The van der Waals surface area contributed by atoms with Crippen LogP contribution in [0.1, 0.15) is 24.5 Å². The second-order valence-corrected chi connectivity index (χ2v) is 7.15. The van der Waals surface area contributed by atoms with Crippen LogP contribution in [0.5, 0.6) is 0 Å². The predicted octanol–water partition coefficient (Wildman–Crippen LogP) is 4.82. The number of hydrogen-bond acceptors (Lipinski definition) is 8. The molecule has 0 radical (unpaired) electrons. The summed E-state index contributed by atoms with van der Waals surface area (Å²) in [6.45, 7) is 3.31. The Labute approximate surface area is 187 Å². The number of fused-ring (bicyclic) bond motifs is 1. The van der Waals surface area contributed by atoms with Gasteiger partial charge in [-0.3, -0.25) is 4.79 Å². The van der Waals surface area contributed by atoms with Crippen molar-refractivity contribution in [3.8, 4) is 11.3 Å². The summed E-state index contributed by atoms with van der Waals surface area (Å²) in [5, 5.41) is 11.1. The second-order valence-electron chi connectivity index (χ2n) is 6.72. The van der Waals surface area contributed by atoms with Gasteiger partial charge in [0.25, 0.3) is 5.71 Å². The van der Waals surface area contributed by atoms with Crippen molar-refractivity contribution in [1.82, 2.24) is 15.1 Å². The van der Waals surface area contributed by atoms with E-state index in [0.717, 1.165) is 5.56 Å². The molecule has 9 nitrogen and oxygen atoms in total. The van der Waals surface area contributed by atoms with Gasteiger partial charge in [-0.05, 0) is 43.3 Å². The van der Waals surface area contributed by atoms with Crippen LogP contribution in [-0.2, 0) is 9.53 Å². The van der Waals surface area contributed by atoms with Crippen LogP contribution in [0.2, 0.25) is 5.02 Å². The number of carbonyl (C=O) groups is 2. The lowest BCUT2D eigenvalue weighted by molar-refractivity contribution is -0.114. The molecule has 0 atom stereocenters. The number of esters is 1. The quantitative estimate of drug-likeness (QED) is 0.400. The number of rotatable bonds is 6. The van der Waals surface area contributed by atoms with Gasteiger partial charge in [0.1, 0.15) is 16.9 Å². The first-order valence-corrected chi connectivity index (χ1v) is 10.1. The topological polar surface area (TPSA) is 119 Å². The summed E-state index contributed by atoms with van der Waals surface area (Å²) in [5.74, 6) is -0.686. The van der Waals surface area contributed by atoms with Gasteiger partial charge in [0.05, 0.1) is 6.61 Å². The molecule has 2 aromatic heterocycles. The van der Waals surface area contributed by atoms with Gasteiger partial charge in [-0.2, -0.15) is 4.98 Å². The predicted molar refractivity (Wildman–Crippen MR) is 120 cm³/mol. The van der Waals surface area contributed by atoms with Crippen molar-refractivity contribution in [3.05, 3.63) is 59.4 Å². The van der Waals surface area contributed by atoms with E-state index in [4.69, 9.17) is 20.9 Å². The summed E-state index contributed by atoms with van der Waals surface area (Å²) >= 11 is 6.00. The van der Waals surface area contributed by atoms with Crippen molar-refractivity contribution in [1.29, 1.82) is 0 Å². The highest BCUT2D eigenvalue weighted by Gasteiger charge is 2.22. The van der Waals surface area contributed by atoms with Crippen LogP contribution in [-0.4, -0.2) is 33.6 Å². The summed E-state index contributed by atoms with van der Waals surface area (Å²) in [7, 11) is 0. The third kappa shape index (κ3) is 4.52. The third-order valence-electron chi connectivity index (χ3n) is 4.38. The van der Waals surface area contributed by atoms with Crippen LogP contribution >= 0.6 is 11.6 Å². The number of amides is 1. The summed E-state index contributed by atoms with van der Waals surface area (Å²) < 4.78 is 10.4. The zero-order chi connectivity index (χ0) is 22.7. The molecule has 2 heterocycles. The van der Waals surface area contributed by atoms with Crippen molar-refractivity contribution < 1.29 is 18.8 Å². The minimum atomic E-state index is -0.678. The third-order valence-corrected chi connectivity index (χ3v) is 4.63. The molecule has 0 saturated carbocycles. The van der Waals surface area contributed by atoms with Gasteiger partial charge < -0.3 is 19.9 Å². The Hall–Kier alpha value is -3.98. The Morgan fingerprint density at radius 2 is 1.72 bits per heavy atom. The Balaban J connectivity index is 1.79. The van der Waals surface area contributed by atoms with Gasteiger partial charge in [-0.1, -0.05) is 28.9 Å². The molecular weight excluding hydrogens is 434 g/mol. The highest BCUT2D eigenvalue weighted by molar-refractivity contribution is 6.30. The molecule has 0 spiro atoms. The molecular formula is C22H18ClN5O4. The number of hydrogen-bond donors (Lipinski definition) is 2. The maximum atomic E-state index is 12.3. The van der Waals surface area contributed by atoms with E-state index in [2.05, 4.69) is 25.8 Å². The standard InChI is InChI=1S/C22H18ClN5O4/c1-3-31-22(30)20-26-19(25-16-10-8-15(9-11-16)24-12(2)29)17-18(28-32-21(17)27-20)13-4-6-14(23)7-5-13/h4-11H,3H2,1-2H3,(H,24,29)(H,25,26,27). The minimum Gasteiger partial charge on any atom is -0.460 e. The van der Waals surface area contributed by atoms with E-state index in [-0.39, 0.29) is 24.1 Å². The molecule has 32 heavy (non-hydrogen) atoms. The van der Waals surface area contributed by atoms with Gasteiger partial charge in [-0.25, -0.2) is 9.78 Å². The number of carbonyl (C=O) groups excluding carboxylic acids is 2. The van der Waals surface area contributed by atoms with Crippen molar-refractivity contribution in [2.45, 2.75) is 13.8 Å². The molecule has 1 amide bonds. The lowest BCUT2D eigenvalue weighted by Gasteiger charge is -2.10. The summed E-state index contributed by atoms with van der Waals surface area (Å²) in [6.07, 6.45) is 0. The van der Waals surface area contributed by atoms with Crippen molar-refractivity contribution in [2.24, 2.45) is 0 Å². The molecule has 4 rings (SSSR count). The SMILES string of the molecule is CCOC(=O)c1nc(Nc2ccc(NC(C)=O)cc2)c2c(-c3ccc(Cl)cc3)noc2n1. The zero-order valence-electron chi connectivity index (χ0n) is 17.2. The Morgan fingerprint density at radius 3 is 2.38 bits per heavy atom. The summed E-state index contributed by atoms with van der Waals surface area (Å²) in [6, 6.07) is 14.1. The van der Waals surface area contributed by atoms with Gasteiger partial charge in [0, 0.05) is 28.9 Å². The molecule has 0 saturated heterocycles. The number of benzene rings is 2. The number of anilines is 3. The van der Waals surface area contributed by atoms with E-state index < -0.39 is 5.97 Å². The first kappa shape index (κ1) is 21.3. The van der Waals surface area contributed by atoms with Crippen molar-refractivity contribution >= 4 is 51.8 Å². The number of aromatic nitrogens is 3. The van der Waals surface area contributed by atoms with E-state index in [9.17, 15) is 9.59 Å². The average Bonchev–Trinajstić information content (AvgIpc) is 3.20. The zero-order valence-corrected chi connectivity index (χ0v) is 17.9. The van der Waals surface area contributed by atoms with Crippen LogP contribution in [0.4, 0.5) is 17.2 Å². The van der Waals surface area contributed by atoms with E-state index >= 15 is 0 Å². The van der Waals surface area contributed by atoms with Crippen molar-refractivity contribution in [2.75, 3.05) is 17.2 Å². The Bertz CT molecular complexity index is 1290. The molecule has 0 aliphatic heterocycles. The van der Waals surface area contributed by atoms with Crippen LogP contribution < -0.4 is 10.6 Å². The maximum Gasteiger partial charge on any atom is 0.376 e. The fourth-order valence-corrected chi connectivity index (χ4v) is 3.14.